The minimum absolute atomic E-state index is 0.577. The molecule has 1 rings (SSSR count). The van der Waals surface area contributed by atoms with E-state index in [0.29, 0.717) is 19.6 Å². The van der Waals surface area contributed by atoms with Crippen molar-refractivity contribution >= 4 is 0 Å². The zero-order chi connectivity index (χ0) is 13.2. The van der Waals surface area contributed by atoms with Gasteiger partial charge in [0.25, 0.3) is 0 Å². The molecule has 0 heterocycles. The maximum atomic E-state index is 8.44. The summed E-state index contributed by atoms with van der Waals surface area (Å²) in [5.74, 6) is 1.48. The molecule has 0 aliphatic heterocycles. The van der Waals surface area contributed by atoms with E-state index in [9.17, 15) is 0 Å². The standard InChI is InChI=1S/C14H20N2O2/c1-17-13-6-5-12(7-9-16)11-14(13)18-10-4-2-3-8-15/h5-6,11H,2-4,7,9-10,16H2,1H3. The first-order chi connectivity index (χ1) is 8.81. The highest BCUT2D eigenvalue weighted by molar-refractivity contribution is 5.43. The number of ether oxygens (including phenoxy) is 2. The van der Waals surface area contributed by atoms with Crippen LogP contribution in [0.5, 0.6) is 11.5 Å². The van der Waals surface area contributed by atoms with Crippen molar-refractivity contribution in [3.63, 3.8) is 0 Å². The summed E-state index contributed by atoms with van der Waals surface area (Å²) in [6, 6.07) is 7.98. The molecular formula is C14H20N2O2. The van der Waals surface area contributed by atoms with Gasteiger partial charge in [-0.2, -0.15) is 5.26 Å². The molecule has 0 aliphatic carbocycles. The molecule has 2 N–H and O–H groups in total. The fourth-order valence-electron chi connectivity index (χ4n) is 1.64. The summed E-state index contributed by atoms with van der Waals surface area (Å²) in [5, 5.41) is 8.44. The molecule has 0 saturated heterocycles. The average molecular weight is 248 g/mol. The number of methoxy groups -OCH3 is 1. The molecule has 0 aliphatic rings. The van der Waals surface area contributed by atoms with Crippen LogP contribution in [0.15, 0.2) is 18.2 Å². The Balaban J connectivity index is 2.55. The summed E-state index contributed by atoms with van der Waals surface area (Å²) in [6.45, 7) is 1.22. The SMILES string of the molecule is COc1ccc(CCN)cc1OCCCCC#N. The second kappa shape index (κ2) is 8.37. The van der Waals surface area contributed by atoms with Gasteiger partial charge in [0.1, 0.15) is 0 Å². The lowest BCUT2D eigenvalue weighted by Gasteiger charge is -2.12. The van der Waals surface area contributed by atoms with Gasteiger partial charge in [0.15, 0.2) is 11.5 Å². The molecule has 0 aromatic heterocycles. The summed E-state index contributed by atoms with van der Waals surface area (Å²) in [7, 11) is 1.63. The van der Waals surface area contributed by atoms with Crippen LogP contribution in [0.4, 0.5) is 0 Å². The number of nitrogens with two attached hydrogens (primary N) is 1. The van der Waals surface area contributed by atoms with Crippen LogP contribution in [0.3, 0.4) is 0 Å². The average Bonchev–Trinajstić information content (AvgIpc) is 2.39. The Morgan fingerprint density at radius 2 is 2.11 bits per heavy atom. The molecule has 0 saturated carbocycles. The van der Waals surface area contributed by atoms with Crippen molar-refractivity contribution < 1.29 is 9.47 Å². The van der Waals surface area contributed by atoms with Crippen molar-refractivity contribution in [1.82, 2.24) is 0 Å². The molecule has 0 atom stereocenters. The van der Waals surface area contributed by atoms with E-state index < -0.39 is 0 Å². The third-order valence-corrected chi connectivity index (χ3v) is 2.60. The van der Waals surface area contributed by atoms with E-state index in [2.05, 4.69) is 6.07 Å². The third kappa shape index (κ3) is 4.64. The largest absolute Gasteiger partial charge is 0.493 e. The Morgan fingerprint density at radius 3 is 2.78 bits per heavy atom. The lowest BCUT2D eigenvalue weighted by molar-refractivity contribution is 0.286. The van der Waals surface area contributed by atoms with Crippen molar-refractivity contribution in [3.05, 3.63) is 23.8 Å². The first-order valence-corrected chi connectivity index (χ1v) is 6.18. The van der Waals surface area contributed by atoms with E-state index in [1.807, 2.05) is 18.2 Å². The monoisotopic (exact) mass is 248 g/mol. The van der Waals surface area contributed by atoms with Gasteiger partial charge < -0.3 is 15.2 Å². The van der Waals surface area contributed by atoms with Gasteiger partial charge in [0.05, 0.1) is 19.8 Å². The first-order valence-electron chi connectivity index (χ1n) is 6.18. The molecule has 0 unspecified atom stereocenters. The fraction of sp³-hybridized carbons (Fsp3) is 0.500. The van der Waals surface area contributed by atoms with Gasteiger partial charge in [0, 0.05) is 6.42 Å². The second-order valence-corrected chi connectivity index (χ2v) is 3.99. The van der Waals surface area contributed by atoms with E-state index in [0.717, 1.165) is 36.3 Å². The van der Waals surface area contributed by atoms with Crippen LogP contribution in [0.25, 0.3) is 0 Å². The molecule has 0 radical (unpaired) electrons. The number of unbranched alkanes of at least 4 members (excludes halogenated alkanes) is 2. The number of hydrogen-bond donors (Lipinski definition) is 1. The van der Waals surface area contributed by atoms with Gasteiger partial charge in [-0.3, -0.25) is 0 Å². The van der Waals surface area contributed by atoms with Crippen LogP contribution in [0.1, 0.15) is 24.8 Å². The van der Waals surface area contributed by atoms with Crippen LogP contribution < -0.4 is 15.2 Å². The quantitative estimate of drug-likeness (QED) is 0.716. The van der Waals surface area contributed by atoms with Crippen LogP contribution >= 0.6 is 0 Å². The maximum Gasteiger partial charge on any atom is 0.161 e. The Hall–Kier alpha value is -1.73. The lowest BCUT2D eigenvalue weighted by atomic mass is 10.1. The number of rotatable bonds is 8. The highest BCUT2D eigenvalue weighted by atomic mass is 16.5. The summed E-state index contributed by atoms with van der Waals surface area (Å²) in [6.07, 6.45) is 3.14. The molecule has 0 amide bonds. The van der Waals surface area contributed by atoms with E-state index in [1.54, 1.807) is 7.11 Å². The second-order valence-electron chi connectivity index (χ2n) is 3.99. The molecule has 18 heavy (non-hydrogen) atoms. The van der Waals surface area contributed by atoms with Crippen LogP contribution in [0, 0.1) is 11.3 Å². The third-order valence-electron chi connectivity index (χ3n) is 2.60. The van der Waals surface area contributed by atoms with Gasteiger partial charge in [-0.25, -0.2) is 0 Å². The molecule has 0 bridgehead atoms. The Bertz CT molecular complexity index is 399. The van der Waals surface area contributed by atoms with Gasteiger partial charge in [0.2, 0.25) is 0 Å². The summed E-state index contributed by atoms with van der Waals surface area (Å²) in [5.41, 5.74) is 6.68. The summed E-state index contributed by atoms with van der Waals surface area (Å²) in [4.78, 5) is 0. The molecule has 0 fully saturated rings. The topological polar surface area (TPSA) is 68.3 Å². The highest BCUT2D eigenvalue weighted by Gasteiger charge is 2.05. The zero-order valence-electron chi connectivity index (χ0n) is 10.8. The number of nitrogens with zero attached hydrogens (tertiary/aromatic N) is 1. The molecule has 0 spiro atoms. The van der Waals surface area contributed by atoms with E-state index >= 15 is 0 Å². The molecule has 4 nitrogen and oxygen atoms in total. The van der Waals surface area contributed by atoms with Crippen LogP contribution in [-0.4, -0.2) is 20.3 Å². The van der Waals surface area contributed by atoms with Crippen molar-refractivity contribution in [2.45, 2.75) is 25.7 Å². The Labute approximate surface area is 108 Å². The predicted molar refractivity (Wildman–Crippen MR) is 70.7 cm³/mol. The van der Waals surface area contributed by atoms with Crippen LogP contribution in [0.2, 0.25) is 0 Å². The smallest absolute Gasteiger partial charge is 0.161 e. The van der Waals surface area contributed by atoms with Gasteiger partial charge >= 0.3 is 0 Å². The number of benzene rings is 1. The summed E-state index contributed by atoms with van der Waals surface area (Å²) >= 11 is 0. The minimum atomic E-state index is 0.577. The molecule has 1 aromatic rings. The predicted octanol–water partition coefficient (Wildman–Crippen LogP) is 2.27. The molecule has 4 heteroatoms. The highest BCUT2D eigenvalue weighted by Crippen LogP contribution is 2.28. The van der Waals surface area contributed by atoms with Crippen LogP contribution in [-0.2, 0) is 6.42 Å². The zero-order valence-corrected chi connectivity index (χ0v) is 10.8. The van der Waals surface area contributed by atoms with Crippen molar-refractivity contribution in [2.75, 3.05) is 20.3 Å². The Kier molecular flexibility index (Phi) is 6.67. The van der Waals surface area contributed by atoms with E-state index in [4.69, 9.17) is 20.5 Å². The fourth-order valence-corrected chi connectivity index (χ4v) is 1.64. The molecule has 1 aromatic carbocycles. The van der Waals surface area contributed by atoms with Crippen molar-refractivity contribution in [2.24, 2.45) is 5.73 Å². The normalized spacial score (nSPS) is 9.83. The minimum Gasteiger partial charge on any atom is -0.493 e. The first kappa shape index (κ1) is 14.3. The summed E-state index contributed by atoms with van der Waals surface area (Å²) < 4.78 is 10.9. The van der Waals surface area contributed by atoms with Crippen molar-refractivity contribution in [1.29, 1.82) is 5.26 Å². The molecule has 98 valence electrons. The van der Waals surface area contributed by atoms with E-state index in [-0.39, 0.29) is 0 Å². The number of nitriles is 1. The lowest BCUT2D eigenvalue weighted by Crippen LogP contribution is -2.04. The van der Waals surface area contributed by atoms with E-state index in [1.165, 1.54) is 0 Å². The van der Waals surface area contributed by atoms with Gasteiger partial charge in [-0.1, -0.05) is 6.07 Å². The van der Waals surface area contributed by atoms with Crippen molar-refractivity contribution in [3.8, 4) is 17.6 Å². The Morgan fingerprint density at radius 1 is 1.28 bits per heavy atom. The molecular weight excluding hydrogens is 228 g/mol. The van der Waals surface area contributed by atoms with Gasteiger partial charge in [-0.15, -0.1) is 0 Å². The maximum absolute atomic E-state index is 8.44. The number of hydrogen-bond acceptors (Lipinski definition) is 4. The van der Waals surface area contributed by atoms with Gasteiger partial charge in [-0.05, 0) is 43.5 Å².